The molecule has 2 unspecified atom stereocenters. The van der Waals surface area contributed by atoms with Gasteiger partial charge >= 0.3 is 12.0 Å². The number of hydrogen-bond acceptors (Lipinski definition) is 4. The van der Waals surface area contributed by atoms with Gasteiger partial charge in [-0.15, -0.1) is 0 Å². The van der Waals surface area contributed by atoms with E-state index in [0.717, 1.165) is 5.56 Å². The molecule has 3 N–H and O–H groups in total. The van der Waals surface area contributed by atoms with E-state index in [1.165, 1.54) is 0 Å². The van der Waals surface area contributed by atoms with Crippen LogP contribution in [0.15, 0.2) is 30.3 Å². The zero-order chi connectivity index (χ0) is 19.8. The Morgan fingerprint density at radius 2 is 1.96 bits per heavy atom. The molecule has 1 heterocycles. The number of nitrogens with zero attached hydrogens (tertiary/aromatic N) is 1. The maximum absolute atomic E-state index is 12.9. The first kappa shape index (κ1) is 20.7. The molecule has 1 aromatic carbocycles. The molecule has 8 nitrogen and oxygen atoms in total. The van der Waals surface area contributed by atoms with Crippen LogP contribution in [0.25, 0.3) is 0 Å². The number of benzene rings is 1. The number of nitrogens with one attached hydrogen (secondary N) is 2. The number of amides is 3. The molecule has 1 aliphatic heterocycles. The summed E-state index contributed by atoms with van der Waals surface area (Å²) in [4.78, 5) is 37.5. The summed E-state index contributed by atoms with van der Waals surface area (Å²) in [5.41, 5.74) is 0.963. The number of carbonyl (C=O) groups excluding carboxylic acids is 2. The van der Waals surface area contributed by atoms with E-state index >= 15 is 0 Å². The van der Waals surface area contributed by atoms with Gasteiger partial charge in [0, 0.05) is 19.6 Å². The van der Waals surface area contributed by atoms with Gasteiger partial charge in [-0.3, -0.25) is 9.59 Å². The molecular formula is C19H27N3O5. The number of carbonyl (C=O) groups is 3. The van der Waals surface area contributed by atoms with Gasteiger partial charge in [-0.1, -0.05) is 44.2 Å². The number of hydrogen-bond donors (Lipinski definition) is 3. The highest BCUT2D eigenvalue weighted by atomic mass is 16.5. The van der Waals surface area contributed by atoms with Crippen LogP contribution in [-0.2, 0) is 20.9 Å². The lowest BCUT2D eigenvalue weighted by molar-refractivity contribution is -0.149. The van der Waals surface area contributed by atoms with Crippen molar-refractivity contribution in [2.75, 3.05) is 19.7 Å². The van der Waals surface area contributed by atoms with Crippen LogP contribution in [0.2, 0.25) is 0 Å². The lowest BCUT2D eigenvalue weighted by Gasteiger charge is -2.35. The smallest absolute Gasteiger partial charge is 0.315 e. The maximum Gasteiger partial charge on any atom is 0.315 e. The highest BCUT2D eigenvalue weighted by Crippen LogP contribution is 2.13. The first-order valence-electron chi connectivity index (χ1n) is 9.07. The standard InChI is InChI=1S/C19H27N3O5/c1-13(2)17(21-19(26)20-11-14-6-4-3-5-7-14)18(25)22-8-9-27-15(12-22)10-16(23)24/h3-7,13,15,17H,8-12H2,1-2H3,(H,23,24)(H2,20,21,26). The maximum atomic E-state index is 12.9. The van der Waals surface area contributed by atoms with E-state index in [0.29, 0.717) is 13.1 Å². The van der Waals surface area contributed by atoms with E-state index in [-0.39, 0.29) is 31.4 Å². The number of carboxylic acid groups (broad SMARTS) is 1. The summed E-state index contributed by atoms with van der Waals surface area (Å²) in [6.45, 7) is 4.95. The Kier molecular flexibility index (Phi) is 7.60. The highest BCUT2D eigenvalue weighted by Gasteiger charge is 2.32. The molecule has 0 spiro atoms. The lowest BCUT2D eigenvalue weighted by Crippen LogP contribution is -2.56. The summed E-state index contributed by atoms with van der Waals surface area (Å²) in [5, 5.41) is 14.4. The summed E-state index contributed by atoms with van der Waals surface area (Å²) < 4.78 is 5.40. The average Bonchev–Trinajstić information content (AvgIpc) is 2.64. The van der Waals surface area contributed by atoms with Crippen LogP contribution >= 0.6 is 0 Å². The molecule has 27 heavy (non-hydrogen) atoms. The molecular weight excluding hydrogens is 350 g/mol. The lowest BCUT2D eigenvalue weighted by atomic mass is 10.0. The van der Waals surface area contributed by atoms with Crippen molar-refractivity contribution in [1.82, 2.24) is 15.5 Å². The van der Waals surface area contributed by atoms with Gasteiger partial charge in [0.15, 0.2) is 0 Å². The molecule has 0 bridgehead atoms. The van der Waals surface area contributed by atoms with Crippen LogP contribution in [-0.4, -0.2) is 59.8 Å². The normalized spacial score (nSPS) is 18.0. The van der Waals surface area contributed by atoms with Crippen molar-refractivity contribution in [3.05, 3.63) is 35.9 Å². The van der Waals surface area contributed by atoms with E-state index in [1.807, 2.05) is 44.2 Å². The summed E-state index contributed by atoms with van der Waals surface area (Å²) in [6.07, 6.45) is -0.680. The van der Waals surface area contributed by atoms with Crippen molar-refractivity contribution in [1.29, 1.82) is 0 Å². The van der Waals surface area contributed by atoms with Gasteiger partial charge in [-0.2, -0.15) is 0 Å². The molecule has 3 amide bonds. The van der Waals surface area contributed by atoms with Crippen LogP contribution in [0.5, 0.6) is 0 Å². The fourth-order valence-corrected chi connectivity index (χ4v) is 2.92. The second-order valence-corrected chi connectivity index (χ2v) is 6.91. The van der Waals surface area contributed by atoms with Crippen LogP contribution < -0.4 is 10.6 Å². The van der Waals surface area contributed by atoms with E-state index in [2.05, 4.69) is 10.6 Å². The van der Waals surface area contributed by atoms with Crippen LogP contribution in [0.4, 0.5) is 4.79 Å². The van der Waals surface area contributed by atoms with E-state index in [4.69, 9.17) is 9.84 Å². The quantitative estimate of drug-likeness (QED) is 0.662. The van der Waals surface area contributed by atoms with Crippen LogP contribution in [0, 0.1) is 5.92 Å². The Morgan fingerprint density at radius 3 is 2.59 bits per heavy atom. The van der Waals surface area contributed by atoms with Gasteiger partial charge in [0.1, 0.15) is 6.04 Å². The molecule has 0 saturated carbocycles. The SMILES string of the molecule is CC(C)C(NC(=O)NCc1ccccc1)C(=O)N1CCOC(CC(=O)O)C1. The van der Waals surface area contributed by atoms with Crippen molar-refractivity contribution in [2.24, 2.45) is 5.92 Å². The Hall–Kier alpha value is -2.61. The third-order valence-electron chi connectivity index (χ3n) is 4.37. The van der Waals surface area contributed by atoms with Gasteiger partial charge in [0.2, 0.25) is 5.91 Å². The number of urea groups is 1. The Bertz CT molecular complexity index is 650. The number of rotatable bonds is 7. The summed E-state index contributed by atoms with van der Waals surface area (Å²) in [6, 6.07) is 8.38. The topological polar surface area (TPSA) is 108 Å². The summed E-state index contributed by atoms with van der Waals surface area (Å²) in [7, 11) is 0. The molecule has 1 aliphatic rings. The van der Waals surface area contributed by atoms with Crippen molar-refractivity contribution >= 4 is 17.9 Å². The van der Waals surface area contributed by atoms with E-state index < -0.39 is 24.1 Å². The molecule has 0 aliphatic carbocycles. The third kappa shape index (κ3) is 6.56. The monoisotopic (exact) mass is 377 g/mol. The molecule has 2 rings (SSSR count). The fourth-order valence-electron chi connectivity index (χ4n) is 2.92. The Morgan fingerprint density at radius 1 is 1.26 bits per heavy atom. The predicted octanol–water partition coefficient (Wildman–Crippen LogP) is 1.21. The number of ether oxygens (including phenoxy) is 1. The van der Waals surface area contributed by atoms with Crippen molar-refractivity contribution < 1.29 is 24.2 Å². The number of morpholine rings is 1. The minimum atomic E-state index is -0.965. The van der Waals surface area contributed by atoms with Gasteiger partial charge in [0.05, 0.1) is 19.1 Å². The zero-order valence-corrected chi connectivity index (χ0v) is 15.7. The molecule has 0 aromatic heterocycles. The second kappa shape index (κ2) is 9.91. The minimum Gasteiger partial charge on any atom is -0.481 e. The predicted molar refractivity (Wildman–Crippen MR) is 99.0 cm³/mol. The Labute approximate surface area is 158 Å². The van der Waals surface area contributed by atoms with E-state index in [1.54, 1.807) is 4.90 Å². The molecule has 148 valence electrons. The minimum absolute atomic E-state index is 0.110. The second-order valence-electron chi connectivity index (χ2n) is 6.91. The largest absolute Gasteiger partial charge is 0.481 e. The molecule has 2 atom stereocenters. The first-order chi connectivity index (χ1) is 12.9. The molecule has 1 aromatic rings. The number of aliphatic carboxylic acids is 1. The summed E-state index contributed by atoms with van der Waals surface area (Å²) in [5.74, 6) is -1.30. The molecule has 1 saturated heterocycles. The van der Waals surface area contributed by atoms with E-state index in [9.17, 15) is 14.4 Å². The van der Waals surface area contributed by atoms with Crippen LogP contribution in [0.1, 0.15) is 25.8 Å². The Balaban J connectivity index is 1.91. The molecule has 8 heteroatoms. The van der Waals surface area contributed by atoms with Crippen molar-refractivity contribution in [2.45, 2.75) is 39.0 Å². The van der Waals surface area contributed by atoms with Gasteiger partial charge in [-0.25, -0.2) is 4.79 Å². The zero-order valence-electron chi connectivity index (χ0n) is 15.7. The van der Waals surface area contributed by atoms with Crippen LogP contribution in [0.3, 0.4) is 0 Å². The number of carboxylic acids is 1. The van der Waals surface area contributed by atoms with Gasteiger partial charge < -0.3 is 25.4 Å². The highest BCUT2D eigenvalue weighted by molar-refractivity contribution is 5.87. The summed E-state index contributed by atoms with van der Waals surface area (Å²) >= 11 is 0. The molecule has 1 fully saturated rings. The van der Waals surface area contributed by atoms with Crippen molar-refractivity contribution in [3.63, 3.8) is 0 Å². The van der Waals surface area contributed by atoms with Gasteiger partial charge in [0.25, 0.3) is 0 Å². The molecule has 0 radical (unpaired) electrons. The third-order valence-corrected chi connectivity index (χ3v) is 4.37. The van der Waals surface area contributed by atoms with Gasteiger partial charge in [-0.05, 0) is 11.5 Å². The average molecular weight is 377 g/mol. The van der Waals surface area contributed by atoms with Crippen molar-refractivity contribution in [3.8, 4) is 0 Å². The fraction of sp³-hybridized carbons (Fsp3) is 0.526. The first-order valence-corrected chi connectivity index (χ1v) is 9.07.